The molecule has 1 aromatic carbocycles. The van der Waals surface area contributed by atoms with E-state index in [1.165, 1.54) is 36.4 Å². The first-order valence-corrected chi connectivity index (χ1v) is 11.3. The molecule has 2 atom stereocenters. The van der Waals surface area contributed by atoms with Gasteiger partial charge in [-0.15, -0.1) is 0 Å². The van der Waals surface area contributed by atoms with Crippen LogP contribution in [0.4, 0.5) is 19.0 Å². The molecule has 0 saturated carbocycles. The number of aromatic nitrogens is 3. The smallest absolute Gasteiger partial charge is 0.338 e. The summed E-state index contributed by atoms with van der Waals surface area (Å²) in [6, 6.07) is 6.88. The van der Waals surface area contributed by atoms with Gasteiger partial charge in [0, 0.05) is 19.2 Å². The Morgan fingerprint density at radius 2 is 1.95 bits per heavy atom. The van der Waals surface area contributed by atoms with Crippen molar-refractivity contribution in [2.24, 2.45) is 0 Å². The van der Waals surface area contributed by atoms with Gasteiger partial charge >= 0.3 is 5.69 Å². The first-order valence-electron chi connectivity index (χ1n) is 10.9. The van der Waals surface area contributed by atoms with Crippen molar-refractivity contribution in [2.45, 2.75) is 31.4 Å². The average molecular weight is 531 g/mol. The van der Waals surface area contributed by atoms with Gasteiger partial charge in [0.15, 0.2) is 0 Å². The second kappa shape index (κ2) is 9.73. The number of β-amino-alcohol motifs (C(OH)–C–C–N with tert-alkyl or cyclic N) is 1. The van der Waals surface area contributed by atoms with Gasteiger partial charge in [0.2, 0.25) is 0 Å². The van der Waals surface area contributed by atoms with Crippen LogP contribution in [0.5, 0.6) is 0 Å². The molecule has 0 aliphatic carbocycles. The van der Waals surface area contributed by atoms with Gasteiger partial charge < -0.3 is 10.0 Å². The molecule has 0 amide bonds. The molecule has 1 fully saturated rings. The Labute approximate surface area is 212 Å². The number of nitriles is 2. The van der Waals surface area contributed by atoms with Gasteiger partial charge in [-0.3, -0.25) is 14.3 Å². The fourth-order valence-corrected chi connectivity index (χ4v) is 4.44. The van der Waals surface area contributed by atoms with E-state index < -0.39 is 47.2 Å². The van der Waals surface area contributed by atoms with Gasteiger partial charge in [-0.05, 0) is 30.7 Å². The van der Waals surface area contributed by atoms with Crippen molar-refractivity contribution in [1.82, 2.24) is 14.1 Å². The number of hydrogen-bond acceptors (Lipinski definition) is 7. The summed E-state index contributed by atoms with van der Waals surface area (Å²) in [4.78, 5) is 32.7. The SMILES string of the molecule is C[C@@H](C#N)n1c(N2CC[C@@](O)(C(F)F)C2)c(-c2ccc(F)c(C#N)c2)c(=O)n(-c2cncc(Cl)c2)c1=O. The van der Waals surface area contributed by atoms with E-state index >= 15 is 0 Å². The summed E-state index contributed by atoms with van der Waals surface area (Å²) in [6.07, 6.45) is -1.04. The van der Waals surface area contributed by atoms with E-state index in [4.69, 9.17) is 11.6 Å². The quantitative estimate of drug-likeness (QED) is 0.537. The molecule has 0 bridgehead atoms. The third-order valence-electron chi connectivity index (χ3n) is 6.15. The Bertz CT molecular complexity index is 1590. The predicted molar refractivity (Wildman–Crippen MR) is 127 cm³/mol. The molecule has 3 heterocycles. The lowest BCUT2D eigenvalue weighted by Crippen LogP contribution is -2.46. The van der Waals surface area contributed by atoms with Crippen LogP contribution in [-0.2, 0) is 0 Å². The van der Waals surface area contributed by atoms with Crippen molar-refractivity contribution in [1.29, 1.82) is 10.5 Å². The number of hydrogen-bond donors (Lipinski definition) is 1. The Balaban J connectivity index is 2.16. The largest absolute Gasteiger partial charge is 0.382 e. The topological polar surface area (TPSA) is 128 Å². The maximum atomic E-state index is 14.1. The van der Waals surface area contributed by atoms with Crippen molar-refractivity contribution in [3.05, 3.63) is 73.9 Å². The van der Waals surface area contributed by atoms with Gasteiger partial charge in [-0.1, -0.05) is 17.7 Å². The maximum absolute atomic E-state index is 14.1. The summed E-state index contributed by atoms with van der Waals surface area (Å²) in [5, 5.41) is 29.6. The van der Waals surface area contributed by atoms with Crippen molar-refractivity contribution in [2.75, 3.05) is 18.0 Å². The molecule has 0 spiro atoms. The number of anilines is 1. The second-order valence-corrected chi connectivity index (χ2v) is 8.98. The van der Waals surface area contributed by atoms with Gasteiger partial charge in [-0.2, -0.15) is 10.5 Å². The van der Waals surface area contributed by atoms with E-state index in [1.807, 2.05) is 6.07 Å². The molecule has 0 radical (unpaired) electrons. The molecular formula is C24H18ClF3N6O3. The van der Waals surface area contributed by atoms with Crippen LogP contribution in [0.15, 0.2) is 46.2 Å². The van der Waals surface area contributed by atoms with Crippen molar-refractivity contribution < 1.29 is 18.3 Å². The van der Waals surface area contributed by atoms with Crippen molar-refractivity contribution >= 4 is 17.4 Å². The number of halogens is 4. The lowest BCUT2D eigenvalue weighted by Gasteiger charge is -2.29. The minimum absolute atomic E-state index is 0.00642. The molecule has 1 aliphatic heterocycles. The molecule has 13 heteroatoms. The number of rotatable bonds is 5. The third-order valence-corrected chi connectivity index (χ3v) is 6.36. The number of nitrogens with zero attached hydrogens (tertiary/aromatic N) is 6. The zero-order valence-electron chi connectivity index (χ0n) is 19.2. The highest BCUT2D eigenvalue weighted by Gasteiger charge is 2.46. The highest BCUT2D eigenvalue weighted by atomic mass is 35.5. The van der Waals surface area contributed by atoms with Crippen molar-refractivity contribution in [3.8, 4) is 29.0 Å². The predicted octanol–water partition coefficient (Wildman–Crippen LogP) is 3.02. The number of pyridine rings is 1. The van der Waals surface area contributed by atoms with Crippen LogP contribution >= 0.6 is 11.6 Å². The summed E-state index contributed by atoms with van der Waals surface area (Å²) in [5.41, 5.74) is -5.09. The first kappa shape index (κ1) is 25.9. The van der Waals surface area contributed by atoms with Gasteiger partial charge in [0.1, 0.15) is 29.3 Å². The van der Waals surface area contributed by atoms with Crippen LogP contribution in [0, 0.1) is 28.5 Å². The second-order valence-electron chi connectivity index (χ2n) is 8.54. The minimum atomic E-state index is -3.12. The Morgan fingerprint density at radius 1 is 1.22 bits per heavy atom. The van der Waals surface area contributed by atoms with Crippen LogP contribution in [0.1, 0.15) is 24.9 Å². The summed E-state index contributed by atoms with van der Waals surface area (Å²) in [5.74, 6) is -1.08. The summed E-state index contributed by atoms with van der Waals surface area (Å²) in [6.45, 7) is 0.532. The van der Waals surface area contributed by atoms with Crippen LogP contribution < -0.4 is 16.1 Å². The van der Waals surface area contributed by atoms with E-state index in [0.717, 1.165) is 16.7 Å². The molecule has 4 rings (SSSR count). The maximum Gasteiger partial charge on any atom is 0.338 e. The molecule has 37 heavy (non-hydrogen) atoms. The molecular weight excluding hydrogens is 513 g/mol. The van der Waals surface area contributed by atoms with Crippen LogP contribution in [0.25, 0.3) is 16.8 Å². The lowest BCUT2D eigenvalue weighted by molar-refractivity contribution is -0.0801. The standard InChI is InChI=1S/C24H18ClF3N6O3/c1-13(8-29)33-20(32-5-4-24(37,12-32)22(27)28)19(14-2-3-18(26)15(6-14)9-30)21(35)34(23(33)36)17-7-16(25)10-31-11-17/h2-3,6-7,10-11,13,22,37H,4-5,12H2,1H3/t13-,24-/m0/s1. The van der Waals surface area contributed by atoms with E-state index in [2.05, 4.69) is 4.98 Å². The van der Waals surface area contributed by atoms with E-state index in [9.17, 15) is 38.4 Å². The first-order chi connectivity index (χ1) is 17.5. The van der Waals surface area contributed by atoms with E-state index in [0.29, 0.717) is 4.57 Å². The fraction of sp³-hybridized carbons (Fsp3) is 0.292. The lowest BCUT2D eigenvalue weighted by atomic mass is 10.0. The summed E-state index contributed by atoms with van der Waals surface area (Å²) < 4.78 is 43.0. The van der Waals surface area contributed by atoms with Gasteiger partial charge in [-0.25, -0.2) is 22.5 Å². The monoisotopic (exact) mass is 530 g/mol. The average Bonchev–Trinajstić information content (AvgIpc) is 3.27. The third kappa shape index (κ3) is 4.46. The minimum Gasteiger partial charge on any atom is -0.382 e. The molecule has 2 aromatic heterocycles. The molecule has 3 aromatic rings. The highest BCUT2D eigenvalue weighted by Crippen LogP contribution is 2.36. The normalized spacial score (nSPS) is 18.0. The molecule has 9 nitrogen and oxygen atoms in total. The van der Waals surface area contributed by atoms with Crippen LogP contribution in [0.2, 0.25) is 5.02 Å². The van der Waals surface area contributed by atoms with E-state index in [1.54, 1.807) is 6.07 Å². The fourth-order valence-electron chi connectivity index (χ4n) is 4.28. The Hall–Kier alpha value is -4.13. The molecule has 1 N–H and O–H groups in total. The van der Waals surface area contributed by atoms with E-state index in [-0.39, 0.29) is 40.6 Å². The molecule has 190 valence electrons. The number of benzene rings is 1. The van der Waals surface area contributed by atoms with Crippen molar-refractivity contribution in [3.63, 3.8) is 0 Å². The summed E-state index contributed by atoms with van der Waals surface area (Å²) >= 11 is 6.01. The molecule has 0 unspecified atom stereocenters. The zero-order valence-corrected chi connectivity index (χ0v) is 20.0. The van der Waals surface area contributed by atoms with Crippen LogP contribution in [-0.4, -0.2) is 44.3 Å². The zero-order chi connectivity index (χ0) is 27.1. The number of alkyl halides is 2. The van der Waals surface area contributed by atoms with Crippen LogP contribution in [0.3, 0.4) is 0 Å². The number of aliphatic hydroxyl groups is 1. The molecule has 1 aliphatic rings. The summed E-state index contributed by atoms with van der Waals surface area (Å²) in [7, 11) is 0. The highest BCUT2D eigenvalue weighted by molar-refractivity contribution is 6.30. The Morgan fingerprint density at radius 3 is 2.54 bits per heavy atom. The Kier molecular flexibility index (Phi) is 6.82. The molecule has 1 saturated heterocycles. The van der Waals surface area contributed by atoms with Gasteiger partial charge in [0.25, 0.3) is 12.0 Å². The van der Waals surface area contributed by atoms with Gasteiger partial charge in [0.05, 0.1) is 40.6 Å².